The molecule has 0 radical (unpaired) electrons. The second-order valence-corrected chi connectivity index (χ2v) is 33.4. The van der Waals surface area contributed by atoms with Gasteiger partial charge >= 0.3 is 30.2 Å². The Morgan fingerprint density at radius 2 is 0.918 bits per heavy atom. The molecule has 98 heavy (non-hydrogen) atoms. The number of hydrogen-bond donors (Lipinski definition) is 3. The highest BCUT2D eigenvalue weighted by molar-refractivity contribution is 9.11. The zero-order chi connectivity index (χ0) is 71.4. The first-order valence-corrected chi connectivity index (χ1v) is 37.8. The first kappa shape index (κ1) is 78.4. The average molecular weight is 1650 g/mol. The van der Waals surface area contributed by atoms with Gasteiger partial charge in [0.05, 0.1) is 17.8 Å². The number of carbonyl (C=O) groups is 6. The van der Waals surface area contributed by atoms with Gasteiger partial charge in [0, 0.05) is 117 Å². The van der Waals surface area contributed by atoms with Gasteiger partial charge in [0.1, 0.15) is 16.8 Å². The number of amides is 4. The molecule has 2 atom stereocenters. The maximum Gasteiger partial charge on any atom is 0.410 e. The number of hydrogen-bond acceptors (Lipinski definition) is 12. The number of halogens is 6. The lowest BCUT2D eigenvalue weighted by Crippen LogP contribution is -2.41. The van der Waals surface area contributed by atoms with Gasteiger partial charge in [0.2, 0.25) is 5.91 Å². The predicted molar refractivity (Wildman–Crippen MR) is 396 cm³/mol. The molecule has 2 aliphatic carbocycles. The summed E-state index contributed by atoms with van der Waals surface area (Å²) >= 11 is 27.6. The molecule has 2 aromatic heterocycles. The van der Waals surface area contributed by atoms with E-state index in [1.54, 1.807) is 26.9 Å². The van der Waals surface area contributed by atoms with Gasteiger partial charge in [-0.3, -0.25) is 19.6 Å². The summed E-state index contributed by atoms with van der Waals surface area (Å²) in [6.45, 7) is 23.3. The van der Waals surface area contributed by atoms with Crippen LogP contribution in [0.5, 0.6) is 0 Å². The number of nitrogens with zero attached hydrogens (tertiary/aromatic N) is 6. The normalized spacial score (nSPS) is 19.0. The van der Waals surface area contributed by atoms with Crippen molar-refractivity contribution in [3.05, 3.63) is 156 Å². The van der Waals surface area contributed by atoms with Gasteiger partial charge in [-0.25, -0.2) is 19.2 Å². The molecule has 24 heteroatoms. The number of aliphatic carboxylic acids is 2. The van der Waals surface area contributed by atoms with E-state index in [1.807, 2.05) is 91.7 Å². The molecule has 0 saturated carbocycles. The maximum absolute atomic E-state index is 13.2. The Balaban J connectivity index is 0.000000180. The second-order valence-electron chi connectivity index (χ2n) is 29.0. The molecular formula is C74H93Br4Cl2N7O11. The van der Waals surface area contributed by atoms with Crippen LogP contribution in [0.4, 0.5) is 14.4 Å². The molecule has 7 aliphatic rings. The Morgan fingerprint density at radius 3 is 1.32 bits per heavy atom. The van der Waals surface area contributed by atoms with Gasteiger partial charge in [0.15, 0.2) is 0 Å². The number of benzene rings is 2. The molecule has 0 unspecified atom stereocenters. The molecule has 4 saturated heterocycles. The summed E-state index contributed by atoms with van der Waals surface area (Å²) in [5.74, 6) is -0.188. The standard InChI is InChI=1S/C31H36Br2ClN3O3.C19H19Br2ClN2.2C12H19NO4/c1-31(2,3)40-30(39)37-10-6-19(7-11-37)14-26(38)36-12-8-20(9-13-36)28-27-21(16-24(34)17-25(27)33)4-5-22-15-23(32)18-35-29(22)28;20-14-7-13-2-1-12-8-15(22)9-16(21)17(12)18(19(13)24-10-14)11-3-5-23-6-4-11;2*1-12(2,3)17-11(16)13-6-4-9(5-7-13)8-10(14)15/h14-18,20,28H,4-13H2,1-3H3;7-11,18,23H,1-6H2;8H,4-7H2,1-3H3,(H,14,15);4H,5-8H2,1-3H3,(H,14,15)/t28-;18-;;/m11../s1. The van der Waals surface area contributed by atoms with Crippen LogP contribution in [0, 0.1) is 11.8 Å². The van der Waals surface area contributed by atoms with Crippen LogP contribution in [-0.2, 0) is 54.3 Å². The molecule has 0 bridgehead atoms. The van der Waals surface area contributed by atoms with Crippen molar-refractivity contribution in [2.24, 2.45) is 11.8 Å². The van der Waals surface area contributed by atoms with Crippen LogP contribution in [-0.4, -0.2) is 158 Å². The number of fused-ring (bicyclic) bond motifs is 4. The number of aryl methyl sites for hydroxylation is 4. The Bertz CT molecular complexity index is 3640. The third-order valence-electron chi connectivity index (χ3n) is 18.1. The SMILES string of the molecule is CC(C)(C)OC(=O)N1CC=C(CC(=O)O)CC1.CC(C)(C)OC(=O)N1CCC(=CC(=O)N2CCC([C@H]3c4ncc(Br)cc4CCc4cc(Cl)cc(Br)c43)CC2)CC1.CC(C)(C)OC(=O)N1CCC(=CC(=O)O)CC1.Clc1cc(Br)c2c(c1)CCc1cc(Br)cnc1[C@@H]2C1CCNCC1. The molecule has 3 N–H and O–H groups in total. The highest BCUT2D eigenvalue weighted by Gasteiger charge is 2.38. The van der Waals surface area contributed by atoms with Crippen LogP contribution >= 0.6 is 86.9 Å². The van der Waals surface area contributed by atoms with Crippen LogP contribution in [0.3, 0.4) is 0 Å². The fourth-order valence-corrected chi connectivity index (χ4v) is 16.6. The minimum absolute atomic E-state index is 0.0577. The number of carboxylic acid groups (broad SMARTS) is 2. The third-order valence-corrected chi connectivity index (χ3v) is 20.7. The van der Waals surface area contributed by atoms with Crippen molar-refractivity contribution in [3.8, 4) is 0 Å². The van der Waals surface area contributed by atoms with E-state index in [0.717, 1.165) is 115 Å². The summed E-state index contributed by atoms with van der Waals surface area (Å²) in [6.07, 6.45) is 19.1. The number of pyridine rings is 2. The van der Waals surface area contributed by atoms with E-state index in [4.69, 9.17) is 57.6 Å². The van der Waals surface area contributed by atoms with Gasteiger partial charge in [-0.05, 0) is 272 Å². The van der Waals surface area contributed by atoms with Crippen molar-refractivity contribution >= 4 is 123 Å². The molecule has 4 aromatic rings. The number of carboxylic acids is 2. The Hall–Kier alpha value is -5.36. The molecule has 5 aliphatic heterocycles. The Morgan fingerprint density at radius 1 is 0.520 bits per heavy atom. The van der Waals surface area contributed by atoms with Crippen LogP contribution in [0.2, 0.25) is 10.0 Å². The number of carbonyl (C=O) groups excluding carboxylic acids is 4. The van der Waals surface area contributed by atoms with Crippen LogP contribution in [0.25, 0.3) is 0 Å². The highest BCUT2D eigenvalue weighted by Crippen LogP contribution is 2.48. The van der Waals surface area contributed by atoms with E-state index < -0.39 is 28.7 Å². The van der Waals surface area contributed by atoms with Crippen molar-refractivity contribution in [2.75, 3.05) is 65.4 Å². The van der Waals surface area contributed by atoms with Gasteiger partial charge in [-0.2, -0.15) is 0 Å². The number of ether oxygens (including phenoxy) is 3. The monoisotopic (exact) mass is 1640 g/mol. The zero-order valence-corrected chi connectivity index (χ0v) is 65.5. The topological polar surface area (TPSA) is 221 Å². The lowest BCUT2D eigenvalue weighted by atomic mass is 9.76. The first-order valence-electron chi connectivity index (χ1n) is 33.9. The highest BCUT2D eigenvalue weighted by atomic mass is 79.9. The van der Waals surface area contributed by atoms with Crippen molar-refractivity contribution in [1.29, 1.82) is 0 Å². The van der Waals surface area contributed by atoms with Gasteiger partial charge in [0.25, 0.3) is 0 Å². The first-order chi connectivity index (χ1) is 46.2. The van der Waals surface area contributed by atoms with Crippen molar-refractivity contribution in [1.82, 2.24) is 34.9 Å². The number of nitrogens with one attached hydrogen (secondary N) is 1. The summed E-state index contributed by atoms with van der Waals surface area (Å²) in [6, 6.07) is 12.7. The molecule has 532 valence electrons. The summed E-state index contributed by atoms with van der Waals surface area (Å²) in [5.41, 5.74) is 11.7. The second kappa shape index (κ2) is 35.0. The largest absolute Gasteiger partial charge is 0.481 e. The van der Waals surface area contributed by atoms with Crippen molar-refractivity contribution in [3.63, 3.8) is 0 Å². The molecule has 4 fully saturated rings. The molecule has 11 rings (SSSR count). The predicted octanol–water partition coefficient (Wildman–Crippen LogP) is 17.2. The van der Waals surface area contributed by atoms with Gasteiger partial charge < -0.3 is 49.3 Å². The fraction of sp³-hybridized carbons (Fsp3) is 0.541. The number of rotatable bonds is 6. The molecule has 7 heterocycles. The lowest BCUT2D eigenvalue weighted by molar-refractivity contribution is -0.136. The minimum Gasteiger partial charge on any atom is -0.481 e. The fourth-order valence-electron chi connectivity index (χ4n) is 13.6. The third kappa shape index (κ3) is 23.1. The Kier molecular flexibility index (Phi) is 28.0. The quantitative estimate of drug-likeness (QED) is 0.0929. The number of piperidine rings is 4. The summed E-state index contributed by atoms with van der Waals surface area (Å²) < 4.78 is 20.2. The van der Waals surface area contributed by atoms with E-state index in [-0.39, 0.29) is 36.5 Å². The van der Waals surface area contributed by atoms with E-state index in [9.17, 15) is 28.8 Å². The molecule has 0 spiro atoms. The summed E-state index contributed by atoms with van der Waals surface area (Å²) in [4.78, 5) is 86.8. The molecule has 2 aromatic carbocycles. The number of likely N-dealkylation sites (tertiary alicyclic amines) is 3. The van der Waals surface area contributed by atoms with Crippen molar-refractivity contribution < 1.29 is 53.2 Å². The molecular weight excluding hydrogens is 1550 g/mol. The van der Waals surface area contributed by atoms with Crippen molar-refractivity contribution in [2.45, 2.75) is 181 Å². The minimum atomic E-state index is -0.925. The average Bonchev–Trinajstić information content (AvgIpc) is 1.39. The smallest absolute Gasteiger partial charge is 0.410 e. The van der Waals surface area contributed by atoms with E-state index >= 15 is 0 Å². The lowest BCUT2D eigenvalue weighted by Gasteiger charge is -2.37. The van der Waals surface area contributed by atoms with Crippen LogP contribution < -0.4 is 5.32 Å². The zero-order valence-electron chi connectivity index (χ0n) is 57.7. The van der Waals surface area contributed by atoms with E-state index in [0.29, 0.717) is 89.1 Å². The van der Waals surface area contributed by atoms with Gasteiger partial charge in [-0.1, -0.05) is 77.9 Å². The van der Waals surface area contributed by atoms with E-state index in [2.05, 4.69) is 93.3 Å². The maximum atomic E-state index is 13.2. The molecule has 4 amide bonds. The Labute approximate surface area is 620 Å². The number of aromatic nitrogens is 2. The van der Waals surface area contributed by atoms with Crippen LogP contribution in [0.15, 0.2) is 102 Å². The summed E-state index contributed by atoms with van der Waals surface area (Å²) in [5, 5.41) is 22.3. The molecule has 18 nitrogen and oxygen atoms in total. The van der Waals surface area contributed by atoms with Gasteiger partial charge in [-0.15, -0.1) is 0 Å². The van der Waals surface area contributed by atoms with Crippen LogP contribution in [0.1, 0.15) is 183 Å². The van der Waals surface area contributed by atoms with E-state index in [1.165, 1.54) is 58.0 Å². The summed E-state index contributed by atoms with van der Waals surface area (Å²) in [7, 11) is 0.